The molecule has 1 aromatic carbocycles. The first-order valence-corrected chi connectivity index (χ1v) is 11.8. The number of sulfonamides is 1. The summed E-state index contributed by atoms with van der Waals surface area (Å²) in [6.45, 7) is 1.53. The van der Waals surface area contributed by atoms with Crippen LogP contribution in [0.4, 0.5) is 0 Å². The lowest BCUT2D eigenvalue weighted by atomic mass is 9.90. The topological polar surface area (TPSA) is 104 Å². The van der Waals surface area contributed by atoms with Crippen LogP contribution in [-0.2, 0) is 26.0 Å². The number of carbonyl (C=O) groups is 2. The van der Waals surface area contributed by atoms with E-state index in [4.69, 9.17) is 5.84 Å². The Bertz CT molecular complexity index is 935. The number of amides is 2. The number of hydrogen-bond donors (Lipinski definition) is 1. The summed E-state index contributed by atoms with van der Waals surface area (Å²) in [5.74, 6) is 5.16. The molecule has 0 bridgehead atoms. The van der Waals surface area contributed by atoms with Crippen LogP contribution in [0.15, 0.2) is 54.4 Å². The Morgan fingerprint density at radius 1 is 1.17 bits per heavy atom. The number of hydrogen-bond acceptors (Lipinski definition) is 6. The smallest absolute Gasteiger partial charge is 0.279 e. The van der Waals surface area contributed by atoms with E-state index in [9.17, 15) is 18.0 Å². The zero-order chi connectivity index (χ0) is 21.7. The quantitative estimate of drug-likeness (QED) is 0.412. The number of benzene rings is 1. The van der Waals surface area contributed by atoms with E-state index in [-0.39, 0.29) is 28.9 Å². The number of carbonyl (C=O) groups excluding carboxylic acids is 2. The molecule has 1 fully saturated rings. The Hall–Kier alpha value is -2.65. The summed E-state index contributed by atoms with van der Waals surface area (Å²) in [6, 6.07) is 10.4. The van der Waals surface area contributed by atoms with Crippen LogP contribution in [0.3, 0.4) is 0 Å². The fraction of sp³-hybridized carbons (Fsp3) is 0.429. The third kappa shape index (κ3) is 5.70. The van der Waals surface area contributed by atoms with Crippen LogP contribution < -0.4 is 5.84 Å². The van der Waals surface area contributed by atoms with Crippen LogP contribution in [0, 0.1) is 5.92 Å². The highest BCUT2D eigenvalue weighted by atomic mass is 32.2. The van der Waals surface area contributed by atoms with Crippen LogP contribution >= 0.6 is 0 Å². The van der Waals surface area contributed by atoms with Crippen molar-refractivity contribution in [3.05, 3.63) is 59.9 Å². The van der Waals surface area contributed by atoms with Crippen molar-refractivity contribution in [2.45, 2.75) is 25.7 Å². The van der Waals surface area contributed by atoms with Gasteiger partial charge in [0.25, 0.3) is 5.91 Å². The van der Waals surface area contributed by atoms with Crippen molar-refractivity contribution in [3.8, 4) is 0 Å². The Labute approximate surface area is 177 Å². The van der Waals surface area contributed by atoms with E-state index in [0.29, 0.717) is 19.0 Å². The maximum Gasteiger partial charge on any atom is 0.279 e. The molecule has 2 N–H and O–H groups in total. The summed E-state index contributed by atoms with van der Waals surface area (Å²) in [7, 11) is -3.83. The predicted octanol–water partition coefficient (Wildman–Crippen LogP) is 1.23. The highest BCUT2D eigenvalue weighted by molar-refractivity contribution is 7.88. The number of rotatable bonds is 6. The molecule has 30 heavy (non-hydrogen) atoms. The van der Waals surface area contributed by atoms with Gasteiger partial charge in [0.2, 0.25) is 15.9 Å². The normalized spacial score (nSPS) is 17.6. The van der Waals surface area contributed by atoms with Crippen molar-refractivity contribution in [3.63, 3.8) is 0 Å². The molecule has 0 aliphatic carbocycles. The third-order valence-corrected chi connectivity index (χ3v) is 6.32. The summed E-state index contributed by atoms with van der Waals surface area (Å²) >= 11 is 0. The lowest BCUT2D eigenvalue weighted by molar-refractivity contribution is -0.133. The van der Waals surface area contributed by atoms with E-state index in [1.54, 1.807) is 17.2 Å². The molecule has 0 radical (unpaired) electrons. The van der Waals surface area contributed by atoms with Gasteiger partial charge in [-0.15, -0.1) is 0 Å². The van der Waals surface area contributed by atoms with E-state index in [1.165, 1.54) is 11.8 Å². The van der Waals surface area contributed by atoms with Gasteiger partial charge in [-0.1, -0.05) is 36.4 Å². The SMILES string of the molecule is CS(=O)(=O)N(N)C(=O)C1=CN(CC(=O)N2CCC(Cc3ccccc3)CC2)C=CC1. The maximum absolute atomic E-state index is 12.7. The van der Waals surface area contributed by atoms with Gasteiger partial charge in [-0.3, -0.25) is 9.59 Å². The Morgan fingerprint density at radius 3 is 2.47 bits per heavy atom. The van der Waals surface area contributed by atoms with Crippen molar-refractivity contribution >= 4 is 21.8 Å². The Balaban J connectivity index is 1.52. The van der Waals surface area contributed by atoms with Gasteiger partial charge in [0.15, 0.2) is 0 Å². The number of piperidine rings is 1. The average molecular weight is 433 g/mol. The average Bonchev–Trinajstić information content (AvgIpc) is 2.73. The van der Waals surface area contributed by atoms with Crippen LogP contribution in [0.1, 0.15) is 24.8 Å². The largest absolute Gasteiger partial charge is 0.345 e. The van der Waals surface area contributed by atoms with Crippen molar-refractivity contribution in [1.29, 1.82) is 0 Å². The molecule has 8 nitrogen and oxygen atoms in total. The lowest BCUT2D eigenvalue weighted by Crippen LogP contribution is -2.44. The van der Waals surface area contributed by atoms with E-state index >= 15 is 0 Å². The van der Waals surface area contributed by atoms with E-state index in [0.717, 1.165) is 25.5 Å². The summed E-state index contributed by atoms with van der Waals surface area (Å²) in [5.41, 5.74) is 1.55. The number of hydrazine groups is 1. The number of allylic oxidation sites excluding steroid dienone is 1. The molecule has 2 aliphatic rings. The molecule has 1 saturated heterocycles. The highest BCUT2D eigenvalue weighted by Gasteiger charge is 2.26. The van der Waals surface area contributed by atoms with Gasteiger partial charge < -0.3 is 9.80 Å². The first-order valence-electron chi connectivity index (χ1n) is 9.98. The Morgan fingerprint density at radius 2 is 1.83 bits per heavy atom. The maximum atomic E-state index is 12.7. The van der Waals surface area contributed by atoms with E-state index in [2.05, 4.69) is 12.1 Å². The third-order valence-electron chi connectivity index (χ3n) is 5.44. The predicted molar refractivity (Wildman–Crippen MR) is 114 cm³/mol. The van der Waals surface area contributed by atoms with Gasteiger partial charge in [0, 0.05) is 31.1 Å². The van der Waals surface area contributed by atoms with Crippen molar-refractivity contribution in [1.82, 2.24) is 14.2 Å². The van der Waals surface area contributed by atoms with Gasteiger partial charge in [-0.25, -0.2) is 14.3 Å². The van der Waals surface area contributed by atoms with Gasteiger partial charge >= 0.3 is 0 Å². The van der Waals surface area contributed by atoms with E-state index < -0.39 is 15.9 Å². The molecule has 0 atom stereocenters. The summed E-state index contributed by atoms with van der Waals surface area (Å²) in [6.07, 6.45) is 9.01. The zero-order valence-corrected chi connectivity index (χ0v) is 17.9. The molecule has 2 aliphatic heterocycles. The standard InChI is InChI=1S/C21H28N4O4S/c1-30(28,29)25(22)21(27)19-8-5-11-23(15-19)16-20(26)24-12-9-18(10-13-24)14-17-6-3-2-4-7-17/h2-7,11,15,18H,8-10,12-14,16,22H2,1H3. The summed E-state index contributed by atoms with van der Waals surface area (Å²) in [4.78, 5) is 28.4. The van der Waals surface area contributed by atoms with Crippen LogP contribution in [0.2, 0.25) is 0 Å². The molecule has 0 saturated carbocycles. The van der Waals surface area contributed by atoms with Gasteiger partial charge in [-0.2, -0.15) is 4.41 Å². The molecular formula is C21H28N4O4S. The minimum Gasteiger partial charge on any atom is -0.345 e. The molecule has 0 spiro atoms. The van der Waals surface area contributed by atoms with Crippen molar-refractivity contribution < 1.29 is 18.0 Å². The molecule has 162 valence electrons. The second kappa shape index (κ2) is 9.44. The monoisotopic (exact) mass is 432 g/mol. The molecule has 0 unspecified atom stereocenters. The number of likely N-dealkylation sites (tertiary alicyclic amines) is 1. The zero-order valence-electron chi connectivity index (χ0n) is 17.1. The van der Waals surface area contributed by atoms with Crippen LogP contribution in [0.5, 0.6) is 0 Å². The van der Waals surface area contributed by atoms with Gasteiger partial charge in [0.1, 0.15) is 6.54 Å². The first kappa shape index (κ1) is 22.0. The van der Waals surface area contributed by atoms with Crippen LogP contribution in [0.25, 0.3) is 0 Å². The Kier molecular flexibility index (Phi) is 6.94. The molecule has 2 heterocycles. The fourth-order valence-electron chi connectivity index (χ4n) is 3.73. The van der Waals surface area contributed by atoms with Crippen molar-refractivity contribution in [2.75, 3.05) is 25.9 Å². The molecule has 0 aromatic heterocycles. The second-order valence-corrected chi connectivity index (χ2v) is 9.65. The minimum atomic E-state index is -3.83. The highest BCUT2D eigenvalue weighted by Crippen LogP contribution is 2.22. The molecular weight excluding hydrogens is 404 g/mol. The minimum absolute atomic E-state index is 0.0181. The number of nitrogens with two attached hydrogens (primary N) is 1. The number of nitrogens with zero attached hydrogens (tertiary/aromatic N) is 3. The molecule has 2 amide bonds. The lowest BCUT2D eigenvalue weighted by Gasteiger charge is -2.33. The van der Waals surface area contributed by atoms with E-state index in [1.807, 2.05) is 23.1 Å². The van der Waals surface area contributed by atoms with Gasteiger partial charge in [-0.05, 0) is 37.2 Å². The van der Waals surface area contributed by atoms with Crippen LogP contribution in [-0.4, -0.2) is 60.3 Å². The summed E-state index contributed by atoms with van der Waals surface area (Å²) < 4.78 is 23.2. The molecule has 1 aromatic rings. The summed E-state index contributed by atoms with van der Waals surface area (Å²) in [5, 5.41) is 0. The fourth-order valence-corrected chi connectivity index (χ4v) is 4.15. The molecule has 9 heteroatoms. The van der Waals surface area contributed by atoms with Gasteiger partial charge in [0.05, 0.1) is 6.26 Å². The second-order valence-electron chi connectivity index (χ2n) is 7.79. The molecule has 3 rings (SSSR count). The van der Waals surface area contributed by atoms with Crippen molar-refractivity contribution in [2.24, 2.45) is 11.8 Å². The first-order chi connectivity index (χ1) is 14.2.